The smallest absolute Gasteiger partial charge is 0.264 e. The highest BCUT2D eigenvalue weighted by Crippen LogP contribution is 2.43. The van der Waals surface area contributed by atoms with Crippen molar-refractivity contribution < 1.29 is 13.6 Å². The molecule has 3 aliphatic rings. The number of anilines is 2. The van der Waals surface area contributed by atoms with Crippen LogP contribution in [-0.2, 0) is 24.2 Å². The molecule has 1 fully saturated rings. The third-order valence-electron chi connectivity index (χ3n) is 6.48. The molecule has 0 radical (unpaired) electrons. The Morgan fingerprint density at radius 3 is 2.55 bits per heavy atom. The topological polar surface area (TPSA) is 41.4 Å². The number of carbonyl (C=O) groups excluding carboxylic acids is 1. The number of benzene rings is 1. The van der Waals surface area contributed by atoms with E-state index in [9.17, 15) is 13.6 Å². The van der Waals surface area contributed by atoms with E-state index in [4.69, 9.17) is 5.10 Å². The maximum absolute atomic E-state index is 13.6. The second kappa shape index (κ2) is 8.60. The molecule has 5 rings (SSSR count). The van der Waals surface area contributed by atoms with Crippen molar-refractivity contribution in [1.29, 1.82) is 0 Å². The standard InChI is InChI=1S/C22H26F2N4O.C2H6/c1-13-10-15-4-3-8-27(20(15)11-17(13)21(23)24)22-18-12-26(14(2)29)9-7-19(18)28(25-22)16-5-6-16;1-2/h10-11,16,21H,3-9,12H2,1-2H3;1-2H3. The van der Waals surface area contributed by atoms with E-state index in [1.165, 1.54) is 5.69 Å². The van der Waals surface area contributed by atoms with Crippen LogP contribution in [0.2, 0.25) is 0 Å². The number of nitrogens with zero attached hydrogens (tertiary/aromatic N) is 4. The first kappa shape index (κ1) is 21.8. The van der Waals surface area contributed by atoms with E-state index in [1.807, 2.05) is 24.8 Å². The van der Waals surface area contributed by atoms with Gasteiger partial charge < -0.3 is 9.80 Å². The van der Waals surface area contributed by atoms with E-state index in [1.54, 1.807) is 19.9 Å². The summed E-state index contributed by atoms with van der Waals surface area (Å²) in [5, 5.41) is 4.98. The van der Waals surface area contributed by atoms with Crippen molar-refractivity contribution in [2.75, 3.05) is 18.0 Å². The number of halogens is 2. The second-order valence-corrected chi connectivity index (χ2v) is 8.51. The zero-order valence-electron chi connectivity index (χ0n) is 18.9. The SMILES string of the molecule is CC.CC(=O)N1CCc2c(c(N3CCCc4cc(C)c(C(F)F)cc43)nn2C2CC2)C1. The molecule has 0 unspecified atom stereocenters. The van der Waals surface area contributed by atoms with Crippen LogP contribution in [0.5, 0.6) is 0 Å². The lowest BCUT2D eigenvalue weighted by molar-refractivity contribution is -0.129. The van der Waals surface area contributed by atoms with E-state index >= 15 is 0 Å². The predicted octanol–water partition coefficient (Wildman–Crippen LogP) is 5.48. The Morgan fingerprint density at radius 1 is 1.16 bits per heavy atom. The largest absolute Gasteiger partial charge is 0.338 e. The molecular formula is C24H32F2N4O. The maximum Gasteiger partial charge on any atom is 0.264 e. The van der Waals surface area contributed by atoms with Gasteiger partial charge >= 0.3 is 0 Å². The quantitative estimate of drug-likeness (QED) is 0.648. The second-order valence-electron chi connectivity index (χ2n) is 8.51. The molecule has 1 aromatic carbocycles. The Labute approximate surface area is 183 Å². The van der Waals surface area contributed by atoms with Gasteiger partial charge in [0.1, 0.15) is 0 Å². The first-order valence-electron chi connectivity index (χ1n) is 11.5. The van der Waals surface area contributed by atoms with Gasteiger partial charge in [0.15, 0.2) is 5.82 Å². The van der Waals surface area contributed by atoms with Crippen LogP contribution in [0.3, 0.4) is 0 Å². The Bertz CT molecular complexity index is 980. The highest BCUT2D eigenvalue weighted by Gasteiger charge is 2.35. The van der Waals surface area contributed by atoms with Gasteiger partial charge in [0.2, 0.25) is 5.91 Å². The minimum atomic E-state index is -2.49. The van der Waals surface area contributed by atoms with E-state index in [2.05, 4.69) is 9.58 Å². The molecule has 0 bridgehead atoms. The van der Waals surface area contributed by atoms with Gasteiger partial charge in [-0.3, -0.25) is 9.48 Å². The molecule has 7 heteroatoms. The van der Waals surface area contributed by atoms with Crippen molar-refractivity contribution in [3.63, 3.8) is 0 Å². The molecule has 0 N–H and O–H groups in total. The van der Waals surface area contributed by atoms with Gasteiger partial charge in [-0.2, -0.15) is 5.10 Å². The van der Waals surface area contributed by atoms with Crippen LogP contribution in [0.1, 0.15) is 80.4 Å². The molecule has 0 saturated heterocycles. The zero-order valence-corrected chi connectivity index (χ0v) is 18.9. The van der Waals surface area contributed by atoms with E-state index in [-0.39, 0.29) is 11.5 Å². The van der Waals surface area contributed by atoms with E-state index in [0.717, 1.165) is 61.3 Å². The fraction of sp³-hybridized carbons (Fsp3) is 0.583. The third-order valence-corrected chi connectivity index (χ3v) is 6.48. The fourth-order valence-electron chi connectivity index (χ4n) is 4.76. The lowest BCUT2D eigenvalue weighted by atomic mass is 9.95. The average Bonchev–Trinajstić information content (AvgIpc) is 3.54. The van der Waals surface area contributed by atoms with Crippen LogP contribution >= 0.6 is 0 Å². The van der Waals surface area contributed by atoms with Gasteiger partial charge in [-0.15, -0.1) is 0 Å². The monoisotopic (exact) mass is 430 g/mol. The van der Waals surface area contributed by atoms with Crippen LogP contribution in [0.15, 0.2) is 12.1 Å². The first-order chi connectivity index (χ1) is 14.9. The van der Waals surface area contributed by atoms with Gasteiger partial charge in [0.05, 0.1) is 12.6 Å². The van der Waals surface area contributed by atoms with Crippen LogP contribution in [0.25, 0.3) is 0 Å². The first-order valence-corrected chi connectivity index (χ1v) is 11.5. The van der Waals surface area contributed by atoms with Crippen molar-refractivity contribution in [3.8, 4) is 0 Å². The number of hydrogen-bond donors (Lipinski definition) is 0. The minimum absolute atomic E-state index is 0.0652. The summed E-state index contributed by atoms with van der Waals surface area (Å²) in [5.41, 5.74) is 5.00. The molecular weight excluding hydrogens is 398 g/mol. The third kappa shape index (κ3) is 3.94. The molecule has 1 amide bonds. The average molecular weight is 431 g/mol. The normalized spacial score (nSPS) is 17.8. The van der Waals surface area contributed by atoms with Crippen molar-refractivity contribution in [1.82, 2.24) is 14.7 Å². The number of alkyl halides is 2. The Balaban J connectivity index is 0.00000112. The summed E-state index contributed by atoms with van der Waals surface area (Å²) < 4.78 is 29.3. The minimum Gasteiger partial charge on any atom is -0.338 e. The molecule has 168 valence electrons. The summed E-state index contributed by atoms with van der Waals surface area (Å²) in [6.45, 7) is 9.38. The van der Waals surface area contributed by atoms with Crippen LogP contribution < -0.4 is 4.90 Å². The van der Waals surface area contributed by atoms with E-state index < -0.39 is 6.43 Å². The summed E-state index contributed by atoms with van der Waals surface area (Å²) in [5.74, 6) is 0.915. The van der Waals surface area contributed by atoms with Crippen LogP contribution in [0, 0.1) is 6.92 Å². The summed E-state index contributed by atoms with van der Waals surface area (Å²) in [6, 6.07) is 4.01. The van der Waals surface area contributed by atoms with Gasteiger partial charge in [-0.05, 0) is 49.8 Å². The number of fused-ring (bicyclic) bond motifs is 2. The number of aromatic nitrogens is 2. The summed E-state index contributed by atoms with van der Waals surface area (Å²) >= 11 is 0. The number of hydrogen-bond acceptors (Lipinski definition) is 3. The molecule has 0 spiro atoms. The molecule has 1 saturated carbocycles. The van der Waals surface area contributed by atoms with Crippen LogP contribution in [0.4, 0.5) is 20.3 Å². The molecule has 2 aromatic rings. The molecule has 0 atom stereocenters. The Hall–Kier alpha value is -2.44. The number of aryl methyl sites for hydroxylation is 2. The Kier molecular flexibility index (Phi) is 6.04. The summed E-state index contributed by atoms with van der Waals surface area (Å²) in [6.07, 6.45) is 2.43. The van der Waals surface area contributed by atoms with E-state index in [0.29, 0.717) is 24.7 Å². The van der Waals surface area contributed by atoms with Gasteiger partial charge in [0, 0.05) is 48.9 Å². The van der Waals surface area contributed by atoms with Crippen molar-refractivity contribution in [3.05, 3.63) is 40.1 Å². The number of rotatable bonds is 3. The highest BCUT2D eigenvalue weighted by atomic mass is 19.3. The predicted molar refractivity (Wildman–Crippen MR) is 118 cm³/mol. The highest BCUT2D eigenvalue weighted by molar-refractivity contribution is 5.75. The fourth-order valence-corrected chi connectivity index (χ4v) is 4.76. The van der Waals surface area contributed by atoms with Gasteiger partial charge in [-0.1, -0.05) is 19.9 Å². The molecule has 5 nitrogen and oxygen atoms in total. The maximum atomic E-state index is 13.6. The zero-order chi connectivity index (χ0) is 22.3. The molecule has 2 aliphatic heterocycles. The van der Waals surface area contributed by atoms with Gasteiger partial charge in [0.25, 0.3) is 6.43 Å². The molecule has 1 aliphatic carbocycles. The summed E-state index contributed by atoms with van der Waals surface area (Å²) in [4.78, 5) is 16.0. The lowest BCUT2D eigenvalue weighted by Crippen LogP contribution is -2.35. The number of carbonyl (C=O) groups is 1. The van der Waals surface area contributed by atoms with Crippen molar-refractivity contribution in [2.24, 2.45) is 0 Å². The van der Waals surface area contributed by atoms with Crippen molar-refractivity contribution in [2.45, 2.75) is 78.8 Å². The summed E-state index contributed by atoms with van der Waals surface area (Å²) in [7, 11) is 0. The van der Waals surface area contributed by atoms with Crippen molar-refractivity contribution >= 4 is 17.4 Å². The molecule has 3 heterocycles. The van der Waals surface area contributed by atoms with Crippen LogP contribution in [-0.4, -0.2) is 33.7 Å². The number of amides is 1. The van der Waals surface area contributed by atoms with Gasteiger partial charge in [-0.25, -0.2) is 8.78 Å². The molecule has 1 aromatic heterocycles. The molecule has 31 heavy (non-hydrogen) atoms. The lowest BCUT2D eigenvalue weighted by Gasteiger charge is -2.33. The Morgan fingerprint density at radius 2 is 1.90 bits per heavy atom.